The Morgan fingerprint density at radius 3 is 2.22 bits per heavy atom. The Balaban J connectivity index is 1.66. The number of nitrogens with zero attached hydrogens (tertiary/aromatic N) is 4. The van der Waals surface area contributed by atoms with E-state index < -0.39 is 11.9 Å². The molecule has 2 atom stereocenters. The van der Waals surface area contributed by atoms with Crippen molar-refractivity contribution in [2.24, 2.45) is 0 Å². The number of hydrogen-bond donors (Lipinski definition) is 5. The molecule has 3 aromatic rings. The maximum atomic E-state index is 13.7. The van der Waals surface area contributed by atoms with Crippen LogP contribution in [-0.4, -0.2) is 54.7 Å². The molecule has 0 aliphatic carbocycles. The van der Waals surface area contributed by atoms with Crippen LogP contribution in [0.5, 0.6) is 0 Å². The van der Waals surface area contributed by atoms with E-state index in [-0.39, 0.29) is 30.2 Å². The smallest absolute Gasteiger partial charge is 0.229 e. The van der Waals surface area contributed by atoms with Gasteiger partial charge in [-0.3, -0.25) is 0 Å². The second-order valence-electron chi connectivity index (χ2n) is 6.78. The summed E-state index contributed by atoms with van der Waals surface area (Å²) in [5.41, 5.74) is 1.47. The van der Waals surface area contributed by atoms with Gasteiger partial charge in [-0.15, -0.1) is 0 Å². The van der Waals surface area contributed by atoms with Crippen molar-refractivity contribution in [2.45, 2.75) is 30.2 Å². The summed E-state index contributed by atoms with van der Waals surface area (Å²) in [5, 5.41) is 28.2. The van der Waals surface area contributed by atoms with E-state index in [1.807, 2.05) is 19.1 Å². The van der Waals surface area contributed by atoms with E-state index in [9.17, 15) is 9.50 Å². The third kappa shape index (κ3) is 6.73. The second kappa shape index (κ2) is 11.4. The highest BCUT2D eigenvalue weighted by molar-refractivity contribution is 9.10. The molecular formula is C20H23BrFN7O2S. The molecule has 0 amide bonds. The quantitative estimate of drug-likeness (QED) is 0.197. The van der Waals surface area contributed by atoms with Crippen LogP contribution in [0.4, 0.5) is 33.5 Å². The Morgan fingerprint density at radius 1 is 1.03 bits per heavy atom. The molecule has 3 rings (SSSR count). The lowest BCUT2D eigenvalue weighted by Crippen LogP contribution is -2.15. The molecule has 0 fully saturated rings. The second-order valence-corrected chi connectivity index (χ2v) is 9.00. The molecule has 5 N–H and O–H groups in total. The maximum Gasteiger partial charge on any atom is 0.229 e. The number of anilines is 5. The van der Waals surface area contributed by atoms with Crippen molar-refractivity contribution >= 4 is 56.8 Å². The standard InChI is InChI=1S/C20H23BrFN7O2S/c1-11(31)12(2)32-18-15(21)9-24-20(29-18)27-14-5-3-13(4-6-14)26-19-25-10-16(22)17(28-19)23-7-8-30/h3-6,9-12,30-31H,7-8H2,1-2H3,(H,24,27,29)(H2,23,25,26,28)/t11-,12-/m1/s1. The number of aliphatic hydroxyl groups is 2. The molecular weight excluding hydrogens is 501 g/mol. The molecule has 0 bridgehead atoms. The van der Waals surface area contributed by atoms with Gasteiger partial charge in [-0.25, -0.2) is 19.3 Å². The van der Waals surface area contributed by atoms with Crippen molar-refractivity contribution in [1.29, 1.82) is 0 Å². The summed E-state index contributed by atoms with van der Waals surface area (Å²) in [6.45, 7) is 3.72. The van der Waals surface area contributed by atoms with Gasteiger partial charge in [0.05, 0.1) is 23.4 Å². The Labute approximate surface area is 197 Å². The van der Waals surface area contributed by atoms with Crippen molar-refractivity contribution in [1.82, 2.24) is 19.9 Å². The van der Waals surface area contributed by atoms with Crippen molar-refractivity contribution in [3.8, 4) is 0 Å². The summed E-state index contributed by atoms with van der Waals surface area (Å²) in [7, 11) is 0. The Morgan fingerprint density at radius 2 is 1.62 bits per heavy atom. The molecule has 32 heavy (non-hydrogen) atoms. The highest BCUT2D eigenvalue weighted by Gasteiger charge is 2.15. The number of aliphatic hydroxyl groups excluding tert-OH is 2. The van der Waals surface area contributed by atoms with Gasteiger partial charge < -0.3 is 26.2 Å². The first-order valence-electron chi connectivity index (χ1n) is 9.74. The zero-order valence-electron chi connectivity index (χ0n) is 17.4. The fraction of sp³-hybridized carbons (Fsp3) is 0.300. The molecule has 0 saturated carbocycles. The van der Waals surface area contributed by atoms with E-state index in [4.69, 9.17) is 5.11 Å². The number of benzene rings is 1. The molecule has 12 heteroatoms. The largest absolute Gasteiger partial charge is 0.395 e. The van der Waals surface area contributed by atoms with Crippen molar-refractivity contribution < 1.29 is 14.6 Å². The van der Waals surface area contributed by atoms with Crippen LogP contribution in [0.25, 0.3) is 0 Å². The van der Waals surface area contributed by atoms with E-state index in [1.165, 1.54) is 11.8 Å². The van der Waals surface area contributed by atoms with Crippen LogP contribution in [-0.2, 0) is 0 Å². The van der Waals surface area contributed by atoms with Gasteiger partial charge in [0.1, 0.15) is 5.03 Å². The lowest BCUT2D eigenvalue weighted by atomic mass is 10.3. The van der Waals surface area contributed by atoms with E-state index in [2.05, 4.69) is 51.8 Å². The minimum Gasteiger partial charge on any atom is -0.395 e. The van der Waals surface area contributed by atoms with Gasteiger partial charge in [0.2, 0.25) is 11.9 Å². The predicted molar refractivity (Wildman–Crippen MR) is 127 cm³/mol. The fourth-order valence-corrected chi connectivity index (χ4v) is 3.71. The average molecular weight is 524 g/mol. The van der Waals surface area contributed by atoms with Crippen LogP contribution in [0.3, 0.4) is 0 Å². The van der Waals surface area contributed by atoms with Gasteiger partial charge in [-0.05, 0) is 47.1 Å². The van der Waals surface area contributed by atoms with Crippen molar-refractivity contribution in [2.75, 3.05) is 29.1 Å². The summed E-state index contributed by atoms with van der Waals surface area (Å²) in [5.74, 6) is 0.0626. The number of thioether (sulfide) groups is 1. The lowest BCUT2D eigenvalue weighted by molar-refractivity contribution is 0.196. The minimum absolute atomic E-state index is 0.0146. The third-order valence-corrected chi connectivity index (χ3v) is 6.38. The van der Waals surface area contributed by atoms with E-state index in [0.29, 0.717) is 11.6 Å². The summed E-state index contributed by atoms with van der Waals surface area (Å²) < 4.78 is 14.5. The molecule has 0 aliphatic heterocycles. The van der Waals surface area contributed by atoms with E-state index in [1.54, 1.807) is 25.3 Å². The number of rotatable bonds is 10. The van der Waals surface area contributed by atoms with Gasteiger partial charge in [0.25, 0.3) is 0 Å². The van der Waals surface area contributed by atoms with Crippen LogP contribution in [0, 0.1) is 5.82 Å². The fourth-order valence-electron chi connectivity index (χ4n) is 2.39. The zero-order chi connectivity index (χ0) is 23.1. The normalized spacial score (nSPS) is 12.8. The predicted octanol–water partition coefficient (Wildman–Crippen LogP) is 3.92. The van der Waals surface area contributed by atoms with Gasteiger partial charge in [-0.2, -0.15) is 4.98 Å². The first kappa shape index (κ1) is 24.1. The van der Waals surface area contributed by atoms with Crippen LogP contribution >= 0.6 is 27.7 Å². The molecule has 1 aromatic carbocycles. The van der Waals surface area contributed by atoms with Crippen molar-refractivity contribution in [3.63, 3.8) is 0 Å². The number of hydrogen-bond acceptors (Lipinski definition) is 10. The van der Waals surface area contributed by atoms with Gasteiger partial charge in [0.15, 0.2) is 11.6 Å². The summed E-state index contributed by atoms with van der Waals surface area (Å²) in [6.07, 6.45) is 2.26. The zero-order valence-corrected chi connectivity index (χ0v) is 19.8. The summed E-state index contributed by atoms with van der Waals surface area (Å²) >= 11 is 4.90. The number of nitrogens with one attached hydrogen (secondary N) is 3. The monoisotopic (exact) mass is 523 g/mol. The third-order valence-electron chi connectivity index (χ3n) is 4.23. The average Bonchev–Trinajstić information content (AvgIpc) is 2.77. The Kier molecular flexibility index (Phi) is 8.56. The van der Waals surface area contributed by atoms with Crippen molar-refractivity contribution in [3.05, 3.63) is 46.9 Å². The minimum atomic E-state index is -0.599. The molecule has 2 heterocycles. The van der Waals surface area contributed by atoms with Crippen LogP contribution in [0.2, 0.25) is 0 Å². The van der Waals surface area contributed by atoms with E-state index in [0.717, 1.165) is 21.4 Å². The number of aromatic nitrogens is 4. The molecule has 2 aromatic heterocycles. The molecule has 170 valence electrons. The Hall–Kier alpha value is -2.54. The molecule has 0 saturated heterocycles. The lowest BCUT2D eigenvalue weighted by Gasteiger charge is -2.15. The Bertz CT molecular complexity index is 1040. The molecule has 9 nitrogen and oxygen atoms in total. The SMILES string of the molecule is C[C@@H](O)[C@@H](C)Sc1nc(Nc2ccc(Nc3ncc(F)c(NCCO)n3)cc2)ncc1Br. The first-order chi connectivity index (χ1) is 15.4. The van der Waals surface area contributed by atoms with Gasteiger partial charge in [0, 0.05) is 29.4 Å². The summed E-state index contributed by atoms with van der Waals surface area (Å²) in [4.78, 5) is 16.8. The molecule has 0 radical (unpaired) electrons. The highest BCUT2D eigenvalue weighted by atomic mass is 79.9. The van der Waals surface area contributed by atoms with E-state index >= 15 is 0 Å². The van der Waals surface area contributed by atoms with Crippen LogP contribution in [0.1, 0.15) is 13.8 Å². The molecule has 0 unspecified atom stereocenters. The van der Waals surface area contributed by atoms with Gasteiger partial charge in [-0.1, -0.05) is 18.7 Å². The topological polar surface area (TPSA) is 128 Å². The maximum absolute atomic E-state index is 13.7. The van der Waals surface area contributed by atoms with Crippen LogP contribution < -0.4 is 16.0 Å². The number of halogens is 2. The molecule has 0 spiro atoms. The highest BCUT2D eigenvalue weighted by Crippen LogP contribution is 2.31. The first-order valence-corrected chi connectivity index (χ1v) is 11.4. The molecule has 0 aliphatic rings. The van der Waals surface area contributed by atoms with Crippen LogP contribution in [0.15, 0.2) is 46.2 Å². The summed E-state index contributed by atoms with van der Waals surface area (Å²) in [6, 6.07) is 7.26. The van der Waals surface area contributed by atoms with Gasteiger partial charge >= 0.3 is 0 Å².